The summed E-state index contributed by atoms with van der Waals surface area (Å²) in [5.74, 6) is 0.0103. The Labute approximate surface area is 132 Å². The SMILES string of the molecule is CC(C)C1CN(CC(N)=O)CCCN1Cc1ccc(F)cc1. The molecule has 2 rings (SSSR count). The smallest absolute Gasteiger partial charge is 0.231 e. The number of nitrogens with two attached hydrogens (primary N) is 1. The number of hydrogen-bond acceptors (Lipinski definition) is 3. The van der Waals surface area contributed by atoms with E-state index in [0.717, 1.165) is 38.2 Å². The van der Waals surface area contributed by atoms with Gasteiger partial charge >= 0.3 is 0 Å². The minimum atomic E-state index is -0.269. The van der Waals surface area contributed by atoms with Crippen LogP contribution >= 0.6 is 0 Å². The maximum atomic E-state index is 13.0. The van der Waals surface area contributed by atoms with Gasteiger partial charge in [0.15, 0.2) is 0 Å². The fourth-order valence-corrected chi connectivity index (χ4v) is 3.15. The quantitative estimate of drug-likeness (QED) is 0.903. The van der Waals surface area contributed by atoms with Gasteiger partial charge < -0.3 is 5.73 Å². The molecule has 0 aliphatic carbocycles. The highest BCUT2D eigenvalue weighted by Gasteiger charge is 2.27. The van der Waals surface area contributed by atoms with Crippen molar-refractivity contribution in [2.24, 2.45) is 11.7 Å². The molecule has 0 saturated carbocycles. The van der Waals surface area contributed by atoms with E-state index in [4.69, 9.17) is 5.73 Å². The first-order chi connectivity index (χ1) is 10.5. The van der Waals surface area contributed by atoms with Gasteiger partial charge in [0, 0.05) is 25.7 Å². The third kappa shape index (κ3) is 4.78. The molecule has 4 nitrogen and oxygen atoms in total. The lowest BCUT2D eigenvalue weighted by Gasteiger charge is -2.34. The minimum absolute atomic E-state index is 0.201. The van der Waals surface area contributed by atoms with Gasteiger partial charge in [-0.25, -0.2) is 4.39 Å². The summed E-state index contributed by atoms with van der Waals surface area (Å²) in [4.78, 5) is 15.8. The number of amides is 1. The molecule has 1 aliphatic heterocycles. The molecule has 1 aromatic carbocycles. The standard InChI is InChI=1S/C17H26FN3O/c1-13(2)16-11-20(12-17(19)22)8-3-9-21(16)10-14-4-6-15(18)7-5-14/h4-7,13,16H,3,8-12H2,1-2H3,(H2,19,22). The maximum Gasteiger partial charge on any atom is 0.231 e. The predicted octanol–water partition coefficient (Wildman–Crippen LogP) is 1.84. The molecule has 122 valence electrons. The van der Waals surface area contributed by atoms with Crippen molar-refractivity contribution in [3.8, 4) is 0 Å². The van der Waals surface area contributed by atoms with E-state index in [1.165, 1.54) is 12.1 Å². The average molecular weight is 307 g/mol. The third-order valence-corrected chi connectivity index (χ3v) is 4.28. The van der Waals surface area contributed by atoms with Crippen LogP contribution < -0.4 is 5.73 Å². The molecule has 0 aromatic heterocycles. The van der Waals surface area contributed by atoms with E-state index in [2.05, 4.69) is 23.6 Å². The zero-order valence-electron chi connectivity index (χ0n) is 13.5. The topological polar surface area (TPSA) is 49.6 Å². The van der Waals surface area contributed by atoms with Gasteiger partial charge in [0.1, 0.15) is 5.82 Å². The van der Waals surface area contributed by atoms with Crippen molar-refractivity contribution in [3.05, 3.63) is 35.6 Å². The van der Waals surface area contributed by atoms with E-state index in [1.807, 2.05) is 12.1 Å². The Bertz CT molecular complexity index is 489. The first kappa shape index (κ1) is 16.9. The third-order valence-electron chi connectivity index (χ3n) is 4.28. The zero-order valence-corrected chi connectivity index (χ0v) is 13.5. The van der Waals surface area contributed by atoms with Crippen LogP contribution in [0.15, 0.2) is 24.3 Å². The number of benzene rings is 1. The summed E-state index contributed by atoms with van der Waals surface area (Å²) in [7, 11) is 0. The van der Waals surface area contributed by atoms with E-state index in [0.29, 0.717) is 18.5 Å². The average Bonchev–Trinajstić information content (AvgIpc) is 2.63. The van der Waals surface area contributed by atoms with Crippen molar-refractivity contribution in [2.45, 2.75) is 32.9 Å². The first-order valence-electron chi connectivity index (χ1n) is 7.95. The highest BCUT2D eigenvalue weighted by atomic mass is 19.1. The molecule has 1 atom stereocenters. The molecular weight excluding hydrogens is 281 g/mol. The van der Waals surface area contributed by atoms with Crippen molar-refractivity contribution in [1.82, 2.24) is 9.80 Å². The van der Waals surface area contributed by atoms with Crippen LogP contribution in [0.1, 0.15) is 25.8 Å². The second-order valence-corrected chi connectivity index (χ2v) is 6.46. The molecule has 1 aromatic rings. The van der Waals surface area contributed by atoms with Crippen LogP contribution in [-0.4, -0.2) is 47.9 Å². The van der Waals surface area contributed by atoms with E-state index >= 15 is 0 Å². The largest absolute Gasteiger partial charge is 0.369 e. The molecule has 1 unspecified atom stereocenters. The second-order valence-electron chi connectivity index (χ2n) is 6.46. The van der Waals surface area contributed by atoms with Crippen LogP contribution in [0.5, 0.6) is 0 Å². The summed E-state index contributed by atoms with van der Waals surface area (Å²) in [5, 5.41) is 0. The zero-order chi connectivity index (χ0) is 16.1. The maximum absolute atomic E-state index is 13.0. The summed E-state index contributed by atoms with van der Waals surface area (Å²) in [6.07, 6.45) is 1.01. The van der Waals surface area contributed by atoms with Crippen LogP contribution in [0.4, 0.5) is 4.39 Å². The first-order valence-corrected chi connectivity index (χ1v) is 7.95. The molecule has 1 amide bonds. The van der Waals surface area contributed by atoms with Crippen LogP contribution in [0.2, 0.25) is 0 Å². The van der Waals surface area contributed by atoms with Crippen molar-refractivity contribution in [3.63, 3.8) is 0 Å². The highest BCUT2D eigenvalue weighted by Crippen LogP contribution is 2.20. The Morgan fingerprint density at radius 1 is 1.32 bits per heavy atom. The van der Waals surface area contributed by atoms with Gasteiger partial charge in [0.05, 0.1) is 6.54 Å². The lowest BCUT2D eigenvalue weighted by Crippen LogP contribution is -2.45. The number of hydrogen-bond donors (Lipinski definition) is 1. The van der Waals surface area contributed by atoms with Gasteiger partial charge in [0.25, 0.3) is 0 Å². The molecule has 2 N–H and O–H groups in total. The Morgan fingerprint density at radius 2 is 2.00 bits per heavy atom. The van der Waals surface area contributed by atoms with Gasteiger partial charge in [0.2, 0.25) is 5.91 Å². The monoisotopic (exact) mass is 307 g/mol. The van der Waals surface area contributed by atoms with Crippen LogP contribution in [0.3, 0.4) is 0 Å². The number of carbonyl (C=O) groups is 1. The summed E-state index contributed by atoms with van der Waals surface area (Å²) >= 11 is 0. The Balaban J connectivity index is 2.07. The minimum Gasteiger partial charge on any atom is -0.369 e. The number of halogens is 1. The van der Waals surface area contributed by atoms with Gasteiger partial charge in [-0.2, -0.15) is 0 Å². The van der Waals surface area contributed by atoms with Crippen LogP contribution in [-0.2, 0) is 11.3 Å². The number of nitrogens with zero attached hydrogens (tertiary/aromatic N) is 2. The van der Waals surface area contributed by atoms with E-state index in [1.54, 1.807) is 0 Å². The van der Waals surface area contributed by atoms with E-state index in [-0.39, 0.29) is 11.7 Å². The van der Waals surface area contributed by atoms with E-state index in [9.17, 15) is 9.18 Å². The Kier molecular flexibility index (Phi) is 5.91. The molecule has 1 saturated heterocycles. The van der Waals surface area contributed by atoms with Crippen molar-refractivity contribution in [2.75, 3.05) is 26.2 Å². The van der Waals surface area contributed by atoms with Gasteiger partial charge in [-0.05, 0) is 36.6 Å². The second kappa shape index (κ2) is 7.70. The lowest BCUT2D eigenvalue weighted by atomic mass is 10.0. The van der Waals surface area contributed by atoms with Crippen molar-refractivity contribution in [1.29, 1.82) is 0 Å². The molecular formula is C17H26FN3O. The number of carbonyl (C=O) groups excluding carboxylic acids is 1. The van der Waals surface area contributed by atoms with Crippen LogP contribution in [0.25, 0.3) is 0 Å². The fraction of sp³-hybridized carbons (Fsp3) is 0.588. The molecule has 1 aliphatic rings. The summed E-state index contributed by atoms with van der Waals surface area (Å²) in [6.45, 7) is 8.27. The van der Waals surface area contributed by atoms with Crippen molar-refractivity contribution >= 4 is 5.91 Å². The molecule has 1 heterocycles. The lowest BCUT2D eigenvalue weighted by molar-refractivity contribution is -0.119. The van der Waals surface area contributed by atoms with E-state index < -0.39 is 0 Å². The van der Waals surface area contributed by atoms with Crippen molar-refractivity contribution < 1.29 is 9.18 Å². The molecule has 1 fully saturated rings. The fourth-order valence-electron chi connectivity index (χ4n) is 3.15. The number of primary amides is 1. The van der Waals surface area contributed by atoms with Gasteiger partial charge in [-0.3, -0.25) is 14.6 Å². The number of rotatable bonds is 5. The normalized spacial score (nSPS) is 21.0. The van der Waals surface area contributed by atoms with Gasteiger partial charge in [-0.15, -0.1) is 0 Å². The Morgan fingerprint density at radius 3 is 2.59 bits per heavy atom. The van der Waals surface area contributed by atoms with Crippen LogP contribution in [0, 0.1) is 11.7 Å². The Hall–Kier alpha value is -1.46. The molecule has 0 spiro atoms. The molecule has 0 radical (unpaired) electrons. The highest BCUT2D eigenvalue weighted by molar-refractivity contribution is 5.75. The summed E-state index contributed by atoms with van der Waals surface area (Å²) in [6, 6.07) is 7.08. The summed E-state index contributed by atoms with van der Waals surface area (Å²) < 4.78 is 13.0. The molecule has 5 heteroatoms. The summed E-state index contributed by atoms with van der Waals surface area (Å²) in [5.41, 5.74) is 6.46. The van der Waals surface area contributed by atoms with Gasteiger partial charge in [-0.1, -0.05) is 26.0 Å². The predicted molar refractivity (Wildman–Crippen MR) is 85.7 cm³/mol. The molecule has 0 bridgehead atoms. The molecule has 22 heavy (non-hydrogen) atoms.